The van der Waals surface area contributed by atoms with E-state index in [9.17, 15) is 0 Å². The van der Waals surface area contributed by atoms with Crippen LogP contribution in [0.3, 0.4) is 0 Å². The van der Waals surface area contributed by atoms with Gasteiger partial charge in [-0.3, -0.25) is 0 Å². The average Bonchev–Trinajstić information content (AvgIpc) is 3.36. The van der Waals surface area contributed by atoms with Crippen LogP contribution in [0.1, 0.15) is 17.0 Å². The predicted octanol–water partition coefficient (Wildman–Crippen LogP) is 8.96. The minimum Gasteiger partial charge on any atom is -0.0760 e. The summed E-state index contributed by atoms with van der Waals surface area (Å²) in [6, 6.07) is 27.8. The van der Waals surface area contributed by atoms with Crippen LogP contribution in [0.2, 0.25) is 0 Å². The zero-order chi connectivity index (χ0) is 22.0. The highest BCUT2D eigenvalue weighted by Crippen LogP contribution is 2.55. The zero-order valence-corrected chi connectivity index (χ0v) is 18.5. The van der Waals surface area contributed by atoms with Gasteiger partial charge in [0.15, 0.2) is 0 Å². The van der Waals surface area contributed by atoms with Gasteiger partial charge in [0.05, 0.1) is 0 Å². The Labute approximate surface area is 197 Å². The lowest BCUT2D eigenvalue weighted by molar-refractivity contribution is 0.722. The summed E-state index contributed by atoms with van der Waals surface area (Å²) in [5.74, 6) is 0.935. The van der Waals surface area contributed by atoms with E-state index in [4.69, 9.17) is 0 Å². The summed E-state index contributed by atoms with van der Waals surface area (Å²) in [6.45, 7) is 0. The van der Waals surface area contributed by atoms with Crippen molar-refractivity contribution < 1.29 is 0 Å². The van der Waals surface area contributed by atoms with Gasteiger partial charge in [-0.1, -0.05) is 78.9 Å². The Balaban J connectivity index is 1.36. The molecular weight excluding hydrogens is 408 g/mol. The highest BCUT2D eigenvalue weighted by atomic mass is 14.4. The summed E-state index contributed by atoms with van der Waals surface area (Å²) in [6.07, 6.45) is 13.8. The molecule has 0 aliphatic heterocycles. The maximum Gasteiger partial charge on any atom is 0.0199 e. The van der Waals surface area contributed by atoms with E-state index in [1.807, 2.05) is 0 Å². The lowest BCUT2D eigenvalue weighted by atomic mass is 9.79. The van der Waals surface area contributed by atoms with Crippen LogP contribution in [0, 0.1) is 5.92 Å². The summed E-state index contributed by atoms with van der Waals surface area (Å²) in [4.78, 5) is 0. The molecule has 156 valence electrons. The second kappa shape index (κ2) is 5.85. The molecule has 0 saturated carbocycles. The first-order valence-corrected chi connectivity index (χ1v) is 12.2. The molecule has 34 heavy (non-hydrogen) atoms. The number of benzene rings is 5. The minimum absolute atomic E-state index is 0.454. The van der Waals surface area contributed by atoms with Gasteiger partial charge >= 0.3 is 0 Å². The number of rotatable bonds is 0. The largest absolute Gasteiger partial charge is 0.0760 e. The fraction of sp³-hybridized carbons (Fsp3) is 0.0588. The van der Waals surface area contributed by atoms with Crippen molar-refractivity contribution in [2.75, 3.05) is 0 Å². The van der Waals surface area contributed by atoms with Crippen molar-refractivity contribution in [3.63, 3.8) is 0 Å². The van der Waals surface area contributed by atoms with E-state index in [0.717, 1.165) is 0 Å². The topological polar surface area (TPSA) is 0 Å². The Morgan fingerprint density at radius 1 is 0.559 bits per heavy atom. The molecule has 5 aromatic rings. The molecule has 2 unspecified atom stereocenters. The summed E-state index contributed by atoms with van der Waals surface area (Å²) < 4.78 is 0. The van der Waals surface area contributed by atoms with Gasteiger partial charge in [-0.05, 0) is 107 Å². The van der Waals surface area contributed by atoms with E-state index in [1.54, 1.807) is 0 Å². The standard InChI is InChI=1S/C34H20/c1-2-9-23-20(6-1)14-32-31-18-22-16-29-26-11-4-8-19-7-3-10-25(33(19)26)28(29)15-21(22)17-30(31)27-13-5-12-24(23)34(27)32/h1-18,25,33H. The lowest BCUT2D eigenvalue weighted by Crippen LogP contribution is -2.11. The molecule has 0 radical (unpaired) electrons. The van der Waals surface area contributed by atoms with Crippen LogP contribution in [0.5, 0.6) is 0 Å². The zero-order valence-electron chi connectivity index (χ0n) is 18.5. The minimum atomic E-state index is 0.454. The molecule has 9 rings (SSSR count). The maximum absolute atomic E-state index is 2.47. The van der Waals surface area contributed by atoms with E-state index in [1.165, 1.54) is 76.8 Å². The van der Waals surface area contributed by atoms with Crippen LogP contribution in [-0.2, 0) is 0 Å². The van der Waals surface area contributed by atoms with Gasteiger partial charge in [-0.25, -0.2) is 0 Å². The van der Waals surface area contributed by atoms with Crippen LogP contribution < -0.4 is 0 Å². The molecule has 0 bridgehead atoms. The van der Waals surface area contributed by atoms with Crippen molar-refractivity contribution in [3.05, 3.63) is 126 Å². The van der Waals surface area contributed by atoms with Gasteiger partial charge in [0, 0.05) is 11.8 Å². The van der Waals surface area contributed by atoms with Gasteiger partial charge < -0.3 is 0 Å². The Kier molecular flexibility index (Phi) is 2.98. The van der Waals surface area contributed by atoms with Crippen LogP contribution in [-0.4, -0.2) is 0 Å². The summed E-state index contributed by atoms with van der Waals surface area (Å²) in [5, 5.41) is 8.12. The van der Waals surface area contributed by atoms with Crippen molar-refractivity contribution in [1.29, 1.82) is 0 Å². The summed E-state index contributed by atoms with van der Waals surface area (Å²) >= 11 is 0. The average molecular weight is 429 g/mol. The normalized spacial score (nSPS) is 20.5. The fourth-order valence-electron chi connectivity index (χ4n) is 7.09. The molecule has 5 aromatic carbocycles. The molecule has 0 amide bonds. The molecule has 0 N–H and O–H groups in total. The van der Waals surface area contributed by atoms with Crippen LogP contribution >= 0.6 is 0 Å². The summed E-state index contributed by atoms with van der Waals surface area (Å²) in [5.41, 5.74) is 11.3. The van der Waals surface area contributed by atoms with E-state index < -0.39 is 0 Å². The Morgan fingerprint density at radius 2 is 1.35 bits per heavy atom. The highest BCUT2D eigenvalue weighted by molar-refractivity contribution is 6.24. The molecule has 0 spiro atoms. The van der Waals surface area contributed by atoms with Crippen LogP contribution in [0.15, 0.2) is 115 Å². The quantitative estimate of drug-likeness (QED) is 0.212. The van der Waals surface area contributed by atoms with E-state index in [0.29, 0.717) is 11.8 Å². The van der Waals surface area contributed by atoms with Crippen LogP contribution in [0.25, 0.3) is 60.1 Å². The second-order valence-corrected chi connectivity index (χ2v) is 10.1. The van der Waals surface area contributed by atoms with Gasteiger partial charge in [0.25, 0.3) is 0 Å². The van der Waals surface area contributed by atoms with Crippen molar-refractivity contribution >= 4 is 37.9 Å². The third-order valence-electron chi connectivity index (χ3n) is 8.50. The van der Waals surface area contributed by atoms with E-state index >= 15 is 0 Å². The monoisotopic (exact) mass is 428 g/mol. The molecule has 2 atom stereocenters. The molecule has 4 aliphatic carbocycles. The van der Waals surface area contributed by atoms with E-state index in [2.05, 4.69) is 109 Å². The number of allylic oxidation sites excluding steroid dienone is 8. The van der Waals surface area contributed by atoms with Gasteiger partial charge in [0.2, 0.25) is 0 Å². The first-order chi connectivity index (χ1) is 16.8. The first kappa shape index (κ1) is 17.3. The Bertz CT molecular complexity index is 1900. The smallest absolute Gasteiger partial charge is 0.0199 e. The lowest BCUT2D eigenvalue weighted by Gasteiger charge is -2.24. The Hall–Kier alpha value is -4.16. The van der Waals surface area contributed by atoms with Crippen LogP contribution in [0.4, 0.5) is 0 Å². The van der Waals surface area contributed by atoms with Gasteiger partial charge in [-0.2, -0.15) is 0 Å². The van der Waals surface area contributed by atoms with Crippen molar-refractivity contribution in [2.24, 2.45) is 5.92 Å². The fourth-order valence-corrected chi connectivity index (χ4v) is 7.09. The number of hydrogen-bond donors (Lipinski definition) is 0. The molecular formula is C34H20. The van der Waals surface area contributed by atoms with Crippen molar-refractivity contribution in [2.45, 2.75) is 5.92 Å². The molecule has 0 heteroatoms. The molecule has 4 aliphatic rings. The molecule has 0 aromatic heterocycles. The third-order valence-corrected chi connectivity index (χ3v) is 8.50. The van der Waals surface area contributed by atoms with E-state index in [-0.39, 0.29) is 0 Å². The molecule has 0 saturated heterocycles. The molecule has 0 fully saturated rings. The van der Waals surface area contributed by atoms with Crippen molar-refractivity contribution in [3.8, 4) is 22.3 Å². The second-order valence-electron chi connectivity index (χ2n) is 10.1. The Morgan fingerprint density at radius 3 is 2.32 bits per heavy atom. The number of fused-ring (bicyclic) bond motifs is 9. The first-order valence-electron chi connectivity index (χ1n) is 12.2. The maximum atomic E-state index is 2.47. The van der Waals surface area contributed by atoms with Gasteiger partial charge in [-0.15, -0.1) is 0 Å². The molecule has 0 heterocycles. The SMILES string of the molecule is C1=CC2=CC=CC3c4cc5cc6c(cc5cc4C(=C1)C23)-c1cc2ccccc2c2cccc-6c12. The molecule has 0 nitrogen and oxygen atoms in total. The third kappa shape index (κ3) is 1.97. The van der Waals surface area contributed by atoms with Gasteiger partial charge in [0.1, 0.15) is 0 Å². The van der Waals surface area contributed by atoms with Crippen molar-refractivity contribution in [1.82, 2.24) is 0 Å². The highest BCUT2D eigenvalue weighted by Gasteiger charge is 2.38. The summed E-state index contributed by atoms with van der Waals surface area (Å²) in [7, 11) is 0. The predicted molar refractivity (Wildman–Crippen MR) is 144 cm³/mol. The number of hydrogen-bond acceptors (Lipinski definition) is 0.